The van der Waals surface area contributed by atoms with E-state index in [4.69, 9.17) is 18.6 Å². The maximum atomic E-state index is 13.0. The van der Waals surface area contributed by atoms with E-state index in [1.807, 2.05) is 0 Å². The molecule has 0 spiro atoms. The first kappa shape index (κ1) is 22.8. The molecule has 6 N–H and O–H groups in total. The molecule has 1 saturated heterocycles. The van der Waals surface area contributed by atoms with E-state index < -0.39 is 48.5 Å². The number of ether oxygens (including phenoxy) is 3. The number of phenolic OH excluding ortho intramolecular Hbond substituents is 2. The van der Waals surface area contributed by atoms with Gasteiger partial charge >= 0.3 is 0 Å². The summed E-state index contributed by atoms with van der Waals surface area (Å²) in [7, 11) is 1.27. The SMILES string of the molecule is COc1c(-c2ccc(O)cc2)oc2cc(O[C@@H]3O[C@H](CO)[C@@H](O)[C@H](O)[C@H]3O)cc(O)c2c1=O. The summed E-state index contributed by atoms with van der Waals surface area (Å²) < 4.78 is 21.9. The number of rotatable bonds is 5. The molecule has 33 heavy (non-hydrogen) atoms. The van der Waals surface area contributed by atoms with E-state index in [1.54, 1.807) is 0 Å². The standard InChI is InChI=1S/C22H22O11/c1-30-21-17(27)15-12(25)6-11(31-22-19(29)18(28)16(26)14(8-23)33-22)7-13(15)32-20(21)9-2-4-10(24)5-3-9/h2-7,14,16,18-19,22-26,28-29H,8H2,1H3/t14-,16-,18+,19-,22-/m1/s1. The molecule has 4 rings (SSSR count). The summed E-state index contributed by atoms with van der Waals surface area (Å²) in [6.07, 6.45) is -7.58. The number of hydrogen-bond acceptors (Lipinski definition) is 11. The second kappa shape index (κ2) is 8.89. The van der Waals surface area contributed by atoms with Crippen LogP contribution in [0.4, 0.5) is 0 Å². The molecule has 0 bridgehead atoms. The Kier molecular flexibility index (Phi) is 6.15. The van der Waals surface area contributed by atoms with Crippen molar-refractivity contribution < 1.29 is 49.3 Å². The fourth-order valence-electron chi connectivity index (χ4n) is 3.61. The van der Waals surface area contributed by atoms with Gasteiger partial charge in [-0.05, 0) is 24.3 Å². The van der Waals surface area contributed by atoms with Crippen LogP contribution in [0.25, 0.3) is 22.3 Å². The smallest absolute Gasteiger partial charge is 0.239 e. The molecule has 11 heteroatoms. The van der Waals surface area contributed by atoms with Crippen LogP contribution in [0.3, 0.4) is 0 Å². The molecule has 1 fully saturated rings. The Hall–Kier alpha value is -3.35. The molecule has 0 radical (unpaired) electrons. The Balaban J connectivity index is 1.77. The first-order valence-corrected chi connectivity index (χ1v) is 9.89. The minimum Gasteiger partial charge on any atom is -0.508 e. The number of fused-ring (bicyclic) bond motifs is 1. The summed E-state index contributed by atoms with van der Waals surface area (Å²) in [5, 5.41) is 59.1. The molecular weight excluding hydrogens is 440 g/mol. The predicted molar refractivity (Wildman–Crippen MR) is 112 cm³/mol. The van der Waals surface area contributed by atoms with Crippen molar-refractivity contribution in [2.75, 3.05) is 13.7 Å². The second-order valence-corrected chi connectivity index (χ2v) is 7.47. The Morgan fingerprint density at radius 1 is 1.00 bits per heavy atom. The minimum atomic E-state index is -1.67. The molecule has 3 aromatic rings. The van der Waals surface area contributed by atoms with E-state index in [-0.39, 0.29) is 34.0 Å². The van der Waals surface area contributed by atoms with Crippen molar-refractivity contribution in [1.82, 2.24) is 0 Å². The third-order valence-corrected chi connectivity index (χ3v) is 5.34. The summed E-state index contributed by atoms with van der Waals surface area (Å²) in [5.41, 5.74) is -0.314. The molecule has 1 aliphatic heterocycles. The van der Waals surface area contributed by atoms with Crippen LogP contribution in [0, 0.1) is 0 Å². The summed E-state index contributed by atoms with van der Waals surface area (Å²) in [6.45, 7) is -0.640. The van der Waals surface area contributed by atoms with Crippen molar-refractivity contribution in [2.45, 2.75) is 30.7 Å². The molecule has 0 amide bonds. The van der Waals surface area contributed by atoms with Gasteiger partial charge in [0.25, 0.3) is 0 Å². The van der Waals surface area contributed by atoms with E-state index >= 15 is 0 Å². The topological polar surface area (TPSA) is 179 Å². The molecule has 1 aromatic heterocycles. The number of phenols is 2. The van der Waals surface area contributed by atoms with Crippen molar-refractivity contribution in [2.24, 2.45) is 0 Å². The highest BCUT2D eigenvalue weighted by molar-refractivity contribution is 5.88. The number of aromatic hydroxyl groups is 2. The molecule has 2 heterocycles. The molecule has 11 nitrogen and oxygen atoms in total. The first-order valence-electron chi connectivity index (χ1n) is 9.89. The summed E-state index contributed by atoms with van der Waals surface area (Å²) in [5.74, 6) is -0.704. The van der Waals surface area contributed by atoms with Gasteiger partial charge in [0.05, 0.1) is 13.7 Å². The fraction of sp³-hybridized carbons (Fsp3) is 0.318. The van der Waals surface area contributed by atoms with Gasteiger partial charge in [0.2, 0.25) is 17.5 Å². The van der Waals surface area contributed by atoms with Gasteiger partial charge in [0.15, 0.2) is 5.76 Å². The lowest BCUT2D eigenvalue weighted by Crippen LogP contribution is -2.60. The van der Waals surface area contributed by atoms with Crippen LogP contribution in [0.15, 0.2) is 45.6 Å². The number of hydrogen-bond donors (Lipinski definition) is 6. The zero-order valence-corrected chi connectivity index (χ0v) is 17.3. The van der Waals surface area contributed by atoms with Gasteiger partial charge in [0.1, 0.15) is 52.6 Å². The summed E-state index contributed by atoms with van der Waals surface area (Å²) >= 11 is 0. The van der Waals surface area contributed by atoms with Gasteiger partial charge in [-0.15, -0.1) is 0 Å². The van der Waals surface area contributed by atoms with Crippen molar-refractivity contribution in [3.63, 3.8) is 0 Å². The largest absolute Gasteiger partial charge is 0.508 e. The Labute approximate surface area is 186 Å². The maximum absolute atomic E-state index is 13.0. The molecule has 2 aromatic carbocycles. The Morgan fingerprint density at radius 3 is 2.33 bits per heavy atom. The molecule has 5 atom stereocenters. The molecule has 0 aliphatic carbocycles. The number of methoxy groups -OCH3 is 1. The fourth-order valence-corrected chi connectivity index (χ4v) is 3.61. The lowest BCUT2D eigenvalue weighted by Gasteiger charge is -2.39. The van der Waals surface area contributed by atoms with Crippen molar-refractivity contribution in [3.05, 3.63) is 46.6 Å². The van der Waals surface area contributed by atoms with Crippen LogP contribution in [0.5, 0.6) is 23.0 Å². The van der Waals surface area contributed by atoms with Crippen LogP contribution in [-0.2, 0) is 4.74 Å². The summed E-state index contributed by atoms with van der Waals surface area (Å²) in [4.78, 5) is 13.0. The van der Waals surface area contributed by atoms with E-state index in [9.17, 15) is 35.4 Å². The highest BCUT2D eigenvalue weighted by Crippen LogP contribution is 2.37. The van der Waals surface area contributed by atoms with Gasteiger partial charge in [-0.1, -0.05) is 0 Å². The van der Waals surface area contributed by atoms with Crippen molar-refractivity contribution in [1.29, 1.82) is 0 Å². The van der Waals surface area contributed by atoms with Crippen LogP contribution in [0.1, 0.15) is 0 Å². The monoisotopic (exact) mass is 462 g/mol. The zero-order valence-electron chi connectivity index (χ0n) is 17.3. The highest BCUT2D eigenvalue weighted by atomic mass is 16.7. The van der Waals surface area contributed by atoms with Crippen LogP contribution in [-0.4, -0.2) is 75.1 Å². The third-order valence-electron chi connectivity index (χ3n) is 5.34. The van der Waals surface area contributed by atoms with Crippen LogP contribution < -0.4 is 14.9 Å². The van der Waals surface area contributed by atoms with Gasteiger partial charge in [-0.25, -0.2) is 0 Å². The van der Waals surface area contributed by atoms with Gasteiger partial charge in [0, 0.05) is 17.7 Å². The molecule has 0 saturated carbocycles. The summed E-state index contributed by atoms with van der Waals surface area (Å²) in [6, 6.07) is 8.16. The lowest BCUT2D eigenvalue weighted by molar-refractivity contribution is -0.277. The second-order valence-electron chi connectivity index (χ2n) is 7.47. The average molecular weight is 462 g/mol. The molecule has 176 valence electrons. The number of benzene rings is 2. The van der Waals surface area contributed by atoms with Gasteiger partial charge < -0.3 is 49.3 Å². The maximum Gasteiger partial charge on any atom is 0.239 e. The number of aliphatic hydroxyl groups excluding tert-OH is 4. The van der Waals surface area contributed by atoms with E-state index in [0.717, 1.165) is 6.07 Å². The molecule has 0 unspecified atom stereocenters. The van der Waals surface area contributed by atoms with Crippen molar-refractivity contribution >= 4 is 11.0 Å². The molecule has 1 aliphatic rings. The quantitative estimate of drug-likeness (QED) is 0.302. The lowest BCUT2D eigenvalue weighted by atomic mass is 9.99. The normalized spacial score (nSPS) is 25.2. The first-order chi connectivity index (χ1) is 15.7. The predicted octanol–water partition coefficient (Wildman–Crippen LogP) is 0.0585. The van der Waals surface area contributed by atoms with E-state index in [1.165, 1.54) is 37.4 Å². The Morgan fingerprint density at radius 2 is 1.70 bits per heavy atom. The van der Waals surface area contributed by atoms with Crippen LogP contribution in [0.2, 0.25) is 0 Å². The van der Waals surface area contributed by atoms with Crippen LogP contribution >= 0.6 is 0 Å². The van der Waals surface area contributed by atoms with Crippen molar-refractivity contribution in [3.8, 4) is 34.3 Å². The average Bonchev–Trinajstić information content (AvgIpc) is 2.79. The minimum absolute atomic E-state index is 0.00807. The van der Waals surface area contributed by atoms with E-state index in [0.29, 0.717) is 5.56 Å². The number of aliphatic hydroxyl groups is 4. The van der Waals surface area contributed by atoms with Gasteiger partial charge in [-0.2, -0.15) is 0 Å². The Bertz CT molecular complexity index is 1200. The van der Waals surface area contributed by atoms with E-state index in [2.05, 4.69) is 0 Å². The highest BCUT2D eigenvalue weighted by Gasteiger charge is 2.44. The third kappa shape index (κ3) is 4.08. The molecular formula is C22H22O11. The van der Waals surface area contributed by atoms with Gasteiger partial charge in [-0.3, -0.25) is 4.79 Å². The zero-order chi connectivity index (χ0) is 23.9.